The number of amides is 4. The average Bonchev–Trinajstić information content (AvgIpc) is 4.12. The number of carbonyl (C=O) groups is 4. The largest absolute Gasteiger partial charge is 0.508 e. The molecule has 7 fully saturated rings. The van der Waals surface area contributed by atoms with Crippen LogP contribution in [-0.2, 0) is 20.7 Å². The van der Waals surface area contributed by atoms with E-state index in [2.05, 4.69) is 25.0 Å². The van der Waals surface area contributed by atoms with Crippen LogP contribution >= 0.6 is 0 Å². The Balaban J connectivity index is 0.651. The van der Waals surface area contributed by atoms with Gasteiger partial charge < -0.3 is 29.3 Å². The molecule has 0 bridgehead atoms. The number of piperidine rings is 3. The number of benzene rings is 3. The molecule has 3 aromatic carbocycles. The molecule has 75 heavy (non-hydrogen) atoms. The second kappa shape index (κ2) is 18.1. The van der Waals surface area contributed by atoms with Crippen molar-refractivity contribution in [2.24, 2.45) is 10.8 Å². The van der Waals surface area contributed by atoms with Crippen LogP contribution in [0.5, 0.6) is 11.8 Å². The molecule has 4 amide bonds. The van der Waals surface area contributed by atoms with Gasteiger partial charge in [-0.3, -0.25) is 39.3 Å². The summed E-state index contributed by atoms with van der Waals surface area (Å²) in [6, 6.07) is 7.93. The molecule has 2 spiro atoms. The highest BCUT2D eigenvalue weighted by Crippen LogP contribution is 2.53. The monoisotopic (exact) mass is 1030 g/mol. The number of anilines is 2. The second-order valence-electron chi connectivity index (χ2n) is 22.7. The molecule has 16 nitrogen and oxygen atoms in total. The lowest BCUT2D eigenvalue weighted by molar-refractivity contribution is -0.151. The van der Waals surface area contributed by atoms with Crippen LogP contribution in [0.25, 0.3) is 32.9 Å². The highest BCUT2D eigenvalue weighted by Gasteiger charge is 2.51. The van der Waals surface area contributed by atoms with Crippen molar-refractivity contribution >= 4 is 56.8 Å². The summed E-state index contributed by atoms with van der Waals surface area (Å²) < 4.78 is 60.8. The number of piperazine rings is 1. The van der Waals surface area contributed by atoms with Crippen LogP contribution in [0, 0.1) is 28.3 Å². The van der Waals surface area contributed by atoms with Gasteiger partial charge in [0, 0.05) is 81.9 Å². The maximum Gasteiger partial charge on any atom is 0.319 e. The first-order valence-corrected chi connectivity index (χ1v) is 26.8. The smallest absolute Gasteiger partial charge is 0.319 e. The highest BCUT2D eigenvalue weighted by molar-refractivity contribution is 6.23. The number of carbonyl (C=O) groups excluding carboxylic acids is 4. The number of nitrogens with one attached hydrogen (secondary N) is 1. The van der Waals surface area contributed by atoms with Crippen molar-refractivity contribution in [2.45, 2.75) is 102 Å². The van der Waals surface area contributed by atoms with Crippen molar-refractivity contribution in [3.63, 3.8) is 0 Å². The van der Waals surface area contributed by atoms with Crippen LogP contribution in [0.15, 0.2) is 42.6 Å². The van der Waals surface area contributed by atoms with E-state index in [0.29, 0.717) is 84.8 Å². The molecule has 0 radical (unpaired) electrons. The number of aromatic hydroxyl groups is 1. The number of fused-ring (bicyclic) bond motifs is 3. The second-order valence-corrected chi connectivity index (χ2v) is 22.7. The number of pyridine rings is 1. The molecule has 6 aliphatic heterocycles. The van der Waals surface area contributed by atoms with Gasteiger partial charge in [-0.15, -0.1) is 0 Å². The maximum absolute atomic E-state index is 17.3. The number of nitrogens with zero attached hydrogens (tertiary/aromatic N) is 8. The minimum absolute atomic E-state index is 0.0105. The van der Waals surface area contributed by atoms with Crippen LogP contribution in [0.1, 0.15) is 104 Å². The van der Waals surface area contributed by atoms with E-state index in [-0.39, 0.29) is 69.2 Å². The van der Waals surface area contributed by atoms with Crippen LogP contribution in [0.2, 0.25) is 0 Å². The molecule has 2 saturated carbocycles. The van der Waals surface area contributed by atoms with Crippen LogP contribution in [0.4, 0.5) is 24.7 Å². The molecule has 8 heterocycles. The fourth-order valence-electron chi connectivity index (χ4n) is 13.6. The van der Waals surface area contributed by atoms with E-state index in [1.807, 2.05) is 11.8 Å². The Morgan fingerprint density at radius 1 is 0.840 bits per heavy atom. The van der Waals surface area contributed by atoms with Crippen LogP contribution in [0.3, 0.4) is 0 Å². The minimum atomic E-state index is -1.11. The van der Waals surface area contributed by atoms with Crippen molar-refractivity contribution in [1.29, 1.82) is 0 Å². The Hall–Kier alpha value is -6.44. The maximum atomic E-state index is 17.3. The summed E-state index contributed by atoms with van der Waals surface area (Å²) in [5, 5.41) is 14.5. The number of hydrogen-bond donors (Lipinski definition) is 2. The van der Waals surface area contributed by atoms with Gasteiger partial charge in [-0.25, -0.2) is 13.2 Å². The third kappa shape index (κ3) is 8.34. The molecule has 8 aliphatic rings. The van der Waals surface area contributed by atoms with Gasteiger partial charge in [-0.1, -0.05) is 13.0 Å². The van der Waals surface area contributed by atoms with Gasteiger partial charge in [0.1, 0.15) is 40.5 Å². The Morgan fingerprint density at radius 3 is 2.31 bits per heavy atom. The SMILES string of the molecule is CCc1c(F)ccc2cc(O)cc(-c3ncc4c(N5CCCC6(CCO6)C5)nc(OCC5(CN6CCC7(CC6)CC(N6CCN(c8cc9c(cc8F)C(=O)N(C8CCC(=O)NC8=O)C9=O)CC6)C7)CC5)nc4c3F)c12. The number of rotatable bonds is 11. The normalized spacial score (nSPS) is 24.8. The third-order valence-electron chi connectivity index (χ3n) is 18.2. The summed E-state index contributed by atoms with van der Waals surface area (Å²) >= 11 is 0. The quantitative estimate of drug-likeness (QED) is 0.131. The molecular formula is C56H60F3N9O7. The first kappa shape index (κ1) is 48.2. The molecule has 2 N–H and O–H groups in total. The third-order valence-corrected chi connectivity index (χ3v) is 18.2. The molecule has 2 aromatic heterocycles. The Labute approximate surface area is 431 Å². The van der Waals surface area contributed by atoms with Crippen molar-refractivity contribution in [2.75, 3.05) is 81.9 Å². The Bertz CT molecular complexity index is 3220. The molecule has 19 heteroatoms. The van der Waals surface area contributed by atoms with Gasteiger partial charge in [-0.2, -0.15) is 9.97 Å². The number of likely N-dealkylation sites (tertiary alicyclic amines) is 1. The van der Waals surface area contributed by atoms with E-state index in [9.17, 15) is 24.3 Å². The minimum Gasteiger partial charge on any atom is -0.508 e. The first-order chi connectivity index (χ1) is 36.2. The summed E-state index contributed by atoms with van der Waals surface area (Å²) in [4.78, 5) is 75.3. The summed E-state index contributed by atoms with van der Waals surface area (Å²) in [6.07, 6.45) is 11.2. The van der Waals surface area contributed by atoms with Crippen LogP contribution in [-0.4, -0.2) is 148 Å². The molecular weight excluding hydrogens is 968 g/mol. The zero-order chi connectivity index (χ0) is 51.5. The lowest BCUT2D eigenvalue weighted by Gasteiger charge is -2.56. The topological polar surface area (TPSA) is 174 Å². The number of phenolic OH excluding ortho intramolecular Hbond substituents is 1. The van der Waals surface area contributed by atoms with E-state index in [1.165, 1.54) is 18.2 Å². The van der Waals surface area contributed by atoms with E-state index < -0.39 is 47.1 Å². The Morgan fingerprint density at radius 2 is 1.60 bits per heavy atom. The number of ether oxygens (including phenoxy) is 2. The zero-order valence-electron chi connectivity index (χ0n) is 42.1. The first-order valence-electron chi connectivity index (χ1n) is 26.8. The van der Waals surface area contributed by atoms with Crippen LogP contribution < -0.4 is 19.9 Å². The summed E-state index contributed by atoms with van der Waals surface area (Å²) in [5.41, 5.74) is 0.953. The van der Waals surface area contributed by atoms with E-state index in [1.54, 1.807) is 18.3 Å². The number of aryl methyl sites for hydroxylation is 1. The Kier molecular flexibility index (Phi) is 11.6. The van der Waals surface area contributed by atoms with Gasteiger partial charge in [-0.05, 0) is 129 Å². The van der Waals surface area contributed by atoms with Crippen molar-refractivity contribution in [3.05, 3.63) is 76.7 Å². The van der Waals surface area contributed by atoms with Gasteiger partial charge in [0.2, 0.25) is 11.8 Å². The van der Waals surface area contributed by atoms with Crippen molar-refractivity contribution in [1.82, 2.24) is 35.0 Å². The lowest BCUT2D eigenvalue weighted by Crippen LogP contribution is -2.59. The van der Waals surface area contributed by atoms with E-state index in [0.717, 1.165) is 101 Å². The standard InChI is InChI=1S/C56H60F3N9O7/c1-2-35-40(57)5-4-32-22-34(69)23-38(45(32)35)47-46(59)48-39(28-60-47)49(67-14-3-8-56(30-67)13-21-75-56)63-53(62-48)74-31-55(9-10-55)29-64-15-11-54(12-16-64)26-33(27-54)65-17-19-66(20-18-65)43-25-37-36(24-41(43)58)51(72)68(52(37)73)42-6-7-44(70)61-50(42)71/h4-5,22-25,28,33,42,69H,2-3,6-21,26-27,29-31H2,1H3,(H,61,70,71). The fraction of sp³-hybridized carbons (Fsp3) is 0.518. The molecule has 13 rings (SSSR count). The fourth-order valence-corrected chi connectivity index (χ4v) is 13.6. The van der Waals surface area contributed by atoms with E-state index >= 15 is 13.2 Å². The van der Waals surface area contributed by atoms with Gasteiger partial charge in [0.05, 0.1) is 41.0 Å². The number of aromatic nitrogens is 3. The molecule has 5 aromatic rings. The molecule has 2 unspecified atom stereocenters. The highest BCUT2D eigenvalue weighted by atomic mass is 19.1. The number of imide groups is 2. The van der Waals surface area contributed by atoms with Gasteiger partial charge >= 0.3 is 6.01 Å². The average molecular weight is 1030 g/mol. The summed E-state index contributed by atoms with van der Waals surface area (Å²) in [7, 11) is 0. The molecule has 392 valence electrons. The molecule has 2 aliphatic carbocycles. The molecule has 5 saturated heterocycles. The summed E-state index contributed by atoms with van der Waals surface area (Å²) in [6.45, 7) is 9.77. The zero-order valence-corrected chi connectivity index (χ0v) is 42.1. The lowest BCUT2D eigenvalue weighted by atomic mass is 9.60. The number of halogens is 3. The predicted octanol–water partition coefficient (Wildman–Crippen LogP) is 6.92. The van der Waals surface area contributed by atoms with Gasteiger partial charge in [0.15, 0.2) is 5.82 Å². The van der Waals surface area contributed by atoms with Gasteiger partial charge in [0.25, 0.3) is 11.8 Å². The number of hydrogen-bond acceptors (Lipinski definition) is 14. The van der Waals surface area contributed by atoms with Crippen molar-refractivity contribution < 1.29 is 46.9 Å². The van der Waals surface area contributed by atoms with E-state index in [4.69, 9.17) is 19.4 Å². The number of phenols is 1. The van der Waals surface area contributed by atoms with Crippen molar-refractivity contribution in [3.8, 4) is 23.0 Å². The molecule has 2 atom stereocenters. The summed E-state index contributed by atoms with van der Waals surface area (Å²) in [5.74, 6) is -3.75. The predicted molar refractivity (Wildman–Crippen MR) is 271 cm³/mol.